The topological polar surface area (TPSA) is 61.0 Å². The molecule has 0 spiro atoms. The van der Waals surface area contributed by atoms with Crippen molar-refractivity contribution in [3.8, 4) is 17.1 Å². The molecule has 9 heteroatoms. The first-order chi connectivity index (χ1) is 10.8. The van der Waals surface area contributed by atoms with Crippen LogP contribution in [-0.4, -0.2) is 17.1 Å². The molecule has 0 atom stereocenters. The van der Waals surface area contributed by atoms with E-state index in [1.807, 2.05) is 0 Å². The fraction of sp³-hybridized carbons (Fsp3) is 0.143. The number of thiazole rings is 1. The van der Waals surface area contributed by atoms with E-state index in [4.69, 9.17) is 22.1 Å². The number of methoxy groups -OCH3 is 1. The molecule has 0 saturated carbocycles. The summed E-state index contributed by atoms with van der Waals surface area (Å²) >= 11 is 6.71. The second-order valence-electron chi connectivity index (χ2n) is 4.61. The van der Waals surface area contributed by atoms with Gasteiger partial charge in [0.2, 0.25) is 0 Å². The van der Waals surface area contributed by atoms with Crippen molar-refractivity contribution in [1.82, 2.24) is 9.97 Å². The fourth-order valence-electron chi connectivity index (χ4n) is 2.08. The van der Waals surface area contributed by atoms with Gasteiger partial charge in [-0.1, -0.05) is 11.6 Å². The van der Waals surface area contributed by atoms with Crippen molar-refractivity contribution in [2.24, 2.45) is 0 Å². The second kappa shape index (κ2) is 5.54. The minimum absolute atomic E-state index is 0.0924. The van der Waals surface area contributed by atoms with E-state index < -0.39 is 11.2 Å². The van der Waals surface area contributed by atoms with Gasteiger partial charge < -0.3 is 10.5 Å². The summed E-state index contributed by atoms with van der Waals surface area (Å²) in [6, 6.07) is 4.81. The minimum Gasteiger partial charge on any atom is -0.495 e. The maximum atomic E-state index is 12.7. The summed E-state index contributed by atoms with van der Waals surface area (Å²) in [5.74, 6) is 0.400. The highest BCUT2D eigenvalue weighted by Crippen LogP contribution is 2.37. The molecular formula is C14H9ClF3N3OS. The number of nitrogens with zero attached hydrogens (tertiary/aromatic N) is 2. The van der Waals surface area contributed by atoms with Crippen LogP contribution < -0.4 is 10.5 Å². The highest BCUT2D eigenvalue weighted by Gasteiger charge is 2.34. The number of nitrogen functional groups attached to an aromatic ring is 1. The van der Waals surface area contributed by atoms with Crippen molar-refractivity contribution in [2.45, 2.75) is 6.18 Å². The van der Waals surface area contributed by atoms with E-state index in [9.17, 15) is 13.2 Å². The fourth-order valence-corrected chi connectivity index (χ4v) is 3.04. The predicted molar refractivity (Wildman–Crippen MR) is 83.8 cm³/mol. The molecule has 2 N–H and O–H groups in total. The van der Waals surface area contributed by atoms with Crippen molar-refractivity contribution < 1.29 is 17.9 Å². The number of hydrogen-bond acceptors (Lipinski definition) is 5. The number of ether oxygens (including phenoxy) is 1. The van der Waals surface area contributed by atoms with E-state index in [0.717, 1.165) is 0 Å². The van der Waals surface area contributed by atoms with Gasteiger partial charge in [0.25, 0.3) is 0 Å². The Morgan fingerprint density at radius 2 is 1.96 bits per heavy atom. The quantitative estimate of drug-likeness (QED) is 0.725. The van der Waals surface area contributed by atoms with Crippen LogP contribution >= 0.6 is 22.9 Å². The largest absolute Gasteiger partial charge is 0.495 e. The third-order valence-electron chi connectivity index (χ3n) is 3.15. The Morgan fingerprint density at radius 1 is 1.22 bits per heavy atom. The molecule has 0 aliphatic rings. The van der Waals surface area contributed by atoms with Gasteiger partial charge in [-0.2, -0.15) is 13.2 Å². The molecule has 2 heterocycles. The molecular weight excluding hydrogens is 351 g/mol. The average molecular weight is 360 g/mol. The zero-order valence-corrected chi connectivity index (χ0v) is 13.2. The van der Waals surface area contributed by atoms with Gasteiger partial charge >= 0.3 is 6.18 Å². The van der Waals surface area contributed by atoms with Crippen molar-refractivity contribution in [1.29, 1.82) is 0 Å². The minimum atomic E-state index is -4.49. The van der Waals surface area contributed by atoms with Crippen molar-refractivity contribution in [3.63, 3.8) is 0 Å². The summed E-state index contributed by atoms with van der Waals surface area (Å²) in [6.07, 6.45) is -4.49. The summed E-state index contributed by atoms with van der Waals surface area (Å²) in [5, 5.41) is 1.17. The number of hydrogen-bond donors (Lipinski definition) is 1. The van der Waals surface area contributed by atoms with Crippen LogP contribution in [0.15, 0.2) is 23.6 Å². The first-order valence-electron chi connectivity index (χ1n) is 6.27. The van der Waals surface area contributed by atoms with E-state index in [0.29, 0.717) is 33.7 Å². The molecule has 120 valence electrons. The maximum absolute atomic E-state index is 12.7. The molecule has 0 bridgehead atoms. The molecule has 0 radical (unpaired) electrons. The molecule has 23 heavy (non-hydrogen) atoms. The molecule has 0 amide bonds. The van der Waals surface area contributed by atoms with Crippen molar-refractivity contribution in [3.05, 3.63) is 33.6 Å². The van der Waals surface area contributed by atoms with Gasteiger partial charge in [0.1, 0.15) is 16.5 Å². The molecule has 0 fully saturated rings. The van der Waals surface area contributed by atoms with Gasteiger partial charge in [0, 0.05) is 16.5 Å². The van der Waals surface area contributed by atoms with Crippen LogP contribution in [0, 0.1) is 0 Å². The molecule has 4 nitrogen and oxygen atoms in total. The Balaban J connectivity index is 2.19. The van der Waals surface area contributed by atoms with Gasteiger partial charge in [-0.15, -0.1) is 11.3 Å². The summed E-state index contributed by atoms with van der Waals surface area (Å²) in [5.41, 5.74) is 6.97. The standard InChI is InChI=1S/C14H9ClF3N3OS/c1-22-10-3-2-6-7(19)4-8(20-12(6)11(10)15)9-5-23-13(21-9)14(16,17)18/h2-5H,1H3,(H2,19,20). The van der Waals surface area contributed by atoms with Crippen LogP contribution in [0.1, 0.15) is 5.01 Å². The SMILES string of the molecule is COc1ccc2c(N)cc(-c3csc(C(F)(F)F)n3)nc2c1Cl. The van der Waals surface area contributed by atoms with E-state index in [-0.39, 0.29) is 16.4 Å². The Bertz CT molecular complexity index is 895. The lowest BCUT2D eigenvalue weighted by Gasteiger charge is -2.09. The van der Waals surface area contributed by atoms with E-state index >= 15 is 0 Å². The molecule has 3 rings (SSSR count). The van der Waals surface area contributed by atoms with E-state index in [2.05, 4.69) is 9.97 Å². The van der Waals surface area contributed by atoms with Crippen LogP contribution in [0.5, 0.6) is 5.75 Å². The number of nitrogens with two attached hydrogens (primary N) is 1. The van der Waals surface area contributed by atoms with Gasteiger partial charge in [0.15, 0.2) is 5.01 Å². The normalized spacial score (nSPS) is 11.9. The van der Waals surface area contributed by atoms with Crippen LogP contribution in [-0.2, 0) is 6.18 Å². The number of alkyl halides is 3. The lowest BCUT2D eigenvalue weighted by Crippen LogP contribution is -2.03. The maximum Gasteiger partial charge on any atom is 0.443 e. The first-order valence-corrected chi connectivity index (χ1v) is 7.53. The number of aromatic nitrogens is 2. The highest BCUT2D eigenvalue weighted by molar-refractivity contribution is 7.10. The predicted octanol–water partition coefficient (Wildman–Crippen LogP) is 4.62. The van der Waals surface area contributed by atoms with Gasteiger partial charge in [-0.3, -0.25) is 0 Å². The summed E-state index contributed by atoms with van der Waals surface area (Å²) in [6.45, 7) is 0. The molecule has 0 aliphatic carbocycles. The molecule has 0 unspecified atom stereocenters. The summed E-state index contributed by atoms with van der Waals surface area (Å²) in [7, 11) is 1.45. The molecule has 0 aliphatic heterocycles. The monoisotopic (exact) mass is 359 g/mol. The number of pyridine rings is 1. The second-order valence-corrected chi connectivity index (χ2v) is 5.85. The Morgan fingerprint density at radius 3 is 2.57 bits per heavy atom. The zero-order chi connectivity index (χ0) is 16.8. The summed E-state index contributed by atoms with van der Waals surface area (Å²) < 4.78 is 43.1. The summed E-state index contributed by atoms with van der Waals surface area (Å²) in [4.78, 5) is 7.87. The molecule has 0 saturated heterocycles. The van der Waals surface area contributed by atoms with Crippen LogP contribution in [0.25, 0.3) is 22.3 Å². The van der Waals surface area contributed by atoms with Crippen LogP contribution in [0.2, 0.25) is 5.02 Å². The lowest BCUT2D eigenvalue weighted by molar-refractivity contribution is -0.137. The first kappa shape index (κ1) is 15.8. The van der Waals surface area contributed by atoms with Gasteiger partial charge in [0.05, 0.1) is 18.3 Å². The Kier molecular flexibility index (Phi) is 3.81. The van der Waals surface area contributed by atoms with Crippen molar-refractivity contribution >= 4 is 39.5 Å². The number of rotatable bonds is 2. The highest BCUT2D eigenvalue weighted by atomic mass is 35.5. The zero-order valence-electron chi connectivity index (χ0n) is 11.6. The van der Waals surface area contributed by atoms with Gasteiger partial charge in [-0.25, -0.2) is 9.97 Å². The average Bonchev–Trinajstić information content (AvgIpc) is 2.98. The van der Waals surface area contributed by atoms with Gasteiger partial charge in [-0.05, 0) is 18.2 Å². The number of benzene rings is 1. The Hall–Kier alpha value is -2.06. The van der Waals surface area contributed by atoms with E-state index in [1.165, 1.54) is 18.6 Å². The number of halogens is 4. The lowest BCUT2D eigenvalue weighted by atomic mass is 10.1. The molecule has 3 aromatic rings. The Labute approximate surface area is 137 Å². The molecule has 1 aromatic carbocycles. The van der Waals surface area contributed by atoms with Crippen LogP contribution in [0.3, 0.4) is 0 Å². The molecule has 2 aromatic heterocycles. The van der Waals surface area contributed by atoms with Crippen molar-refractivity contribution in [2.75, 3.05) is 12.8 Å². The van der Waals surface area contributed by atoms with Crippen LogP contribution in [0.4, 0.5) is 18.9 Å². The number of fused-ring (bicyclic) bond motifs is 1. The third-order valence-corrected chi connectivity index (χ3v) is 4.40. The number of anilines is 1. The smallest absolute Gasteiger partial charge is 0.443 e. The van der Waals surface area contributed by atoms with E-state index in [1.54, 1.807) is 12.1 Å². The third kappa shape index (κ3) is 2.79.